The van der Waals surface area contributed by atoms with Crippen LogP contribution in [0, 0.1) is 0 Å². The maximum Gasteiger partial charge on any atom is 0.252 e. The van der Waals surface area contributed by atoms with Gasteiger partial charge in [0.05, 0.1) is 5.75 Å². The number of benzene rings is 2. The Hall–Kier alpha value is -2.05. The van der Waals surface area contributed by atoms with E-state index in [2.05, 4.69) is 10.7 Å². The van der Waals surface area contributed by atoms with Crippen molar-refractivity contribution in [2.24, 2.45) is 0 Å². The predicted octanol–water partition coefficient (Wildman–Crippen LogP) is 3.16. The minimum Gasteiger partial charge on any atom is -0.331 e. The van der Waals surface area contributed by atoms with E-state index in [-0.39, 0.29) is 11.3 Å². The lowest BCUT2D eigenvalue weighted by molar-refractivity contribution is -0.129. The quantitative estimate of drug-likeness (QED) is 0.847. The highest BCUT2D eigenvalue weighted by atomic mass is 32.2. The Balaban J connectivity index is 1.69. The number of hydrogen-bond donors (Lipinski definition) is 2. The first-order valence-corrected chi connectivity index (χ1v) is 8.31. The molecule has 0 unspecified atom stereocenters. The Labute approximate surface area is 138 Å². The van der Waals surface area contributed by atoms with Crippen LogP contribution >= 0.6 is 24.0 Å². The lowest BCUT2D eigenvalue weighted by Crippen LogP contribution is -2.46. The Morgan fingerprint density at radius 1 is 1.09 bits per heavy atom. The molecule has 0 aliphatic carbocycles. The summed E-state index contributed by atoms with van der Waals surface area (Å²) >= 11 is 6.89. The number of nitrogens with zero attached hydrogens (tertiary/aromatic N) is 1. The predicted molar refractivity (Wildman–Crippen MR) is 94.3 cm³/mol. The first kappa shape index (κ1) is 14.9. The van der Waals surface area contributed by atoms with Crippen LogP contribution in [0.1, 0.15) is 10.9 Å². The van der Waals surface area contributed by atoms with E-state index in [1.165, 1.54) is 0 Å². The lowest BCUT2D eigenvalue weighted by Gasteiger charge is -2.26. The molecule has 0 spiro atoms. The van der Waals surface area contributed by atoms with Crippen LogP contribution < -0.4 is 10.7 Å². The summed E-state index contributed by atoms with van der Waals surface area (Å²) in [6.45, 7) is 0. The zero-order valence-corrected chi connectivity index (χ0v) is 13.4. The molecule has 1 amide bonds. The van der Waals surface area contributed by atoms with E-state index in [0.29, 0.717) is 10.9 Å². The van der Waals surface area contributed by atoms with Crippen molar-refractivity contribution in [2.75, 3.05) is 11.1 Å². The summed E-state index contributed by atoms with van der Waals surface area (Å²) in [5.74, 6) is 0.469. The number of thioether (sulfide) groups is 1. The Morgan fingerprint density at radius 2 is 1.73 bits per heavy atom. The number of hydrazine groups is 1. The number of amides is 1. The lowest BCUT2D eigenvalue weighted by atomic mass is 10.2. The summed E-state index contributed by atoms with van der Waals surface area (Å²) in [4.78, 5) is 12.1. The van der Waals surface area contributed by atoms with Gasteiger partial charge in [-0.05, 0) is 29.9 Å². The van der Waals surface area contributed by atoms with Crippen LogP contribution in [0.4, 0.5) is 5.69 Å². The van der Waals surface area contributed by atoms with Crippen LogP contribution in [-0.4, -0.2) is 21.8 Å². The van der Waals surface area contributed by atoms with Gasteiger partial charge in [-0.2, -0.15) is 0 Å². The van der Waals surface area contributed by atoms with Gasteiger partial charge in [0.2, 0.25) is 0 Å². The number of carbonyl (C=O) groups excluding carboxylic acids is 1. The molecule has 0 radical (unpaired) electrons. The van der Waals surface area contributed by atoms with Crippen molar-refractivity contribution >= 4 is 40.7 Å². The molecule has 2 aromatic carbocycles. The molecule has 4 nitrogen and oxygen atoms in total. The van der Waals surface area contributed by atoms with Crippen molar-refractivity contribution in [3.63, 3.8) is 0 Å². The second kappa shape index (κ2) is 6.81. The first-order chi connectivity index (χ1) is 10.7. The average molecular weight is 329 g/mol. The SMILES string of the molecule is O=C1CS[C@@H](c2ccccc2)N1NC(=S)Nc1ccccc1. The number of rotatable bonds is 3. The summed E-state index contributed by atoms with van der Waals surface area (Å²) in [7, 11) is 0. The maximum atomic E-state index is 12.1. The molecule has 3 rings (SSSR count). The zero-order chi connectivity index (χ0) is 15.4. The highest BCUT2D eigenvalue weighted by molar-refractivity contribution is 8.00. The van der Waals surface area contributed by atoms with Gasteiger partial charge in [0.1, 0.15) is 5.37 Å². The fourth-order valence-corrected chi connectivity index (χ4v) is 3.52. The van der Waals surface area contributed by atoms with E-state index >= 15 is 0 Å². The molecule has 0 aromatic heterocycles. The highest BCUT2D eigenvalue weighted by Gasteiger charge is 2.33. The van der Waals surface area contributed by atoms with Crippen LogP contribution in [0.25, 0.3) is 0 Å². The Morgan fingerprint density at radius 3 is 2.41 bits per heavy atom. The van der Waals surface area contributed by atoms with E-state index in [4.69, 9.17) is 12.2 Å². The monoisotopic (exact) mass is 329 g/mol. The summed E-state index contributed by atoms with van der Waals surface area (Å²) in [5, 5.41) is 5.01. The highest BCUT2D eigenvalue weighted by Crippen LogP contribution is 2.36. The molecule has 22 heavy (non-hydrogen) atoms. The van der Waals surface area contributed by atoms with Gasteiger partial charge in [-0.25, -0.2) is 5.01 Å². The van der Waals surface area contributed by atoms with Crippen molar-refractivity contribution in [3.8, 4) is 0 Å². The zero-order valence-electron chi connectivity index (χ0n) is 11.7. The molecule has 6 heteroatoms. The first-order valence-electron chi connectivity index (χ1n) is 6.85. The normalized spacial score (nSPS) is 17.4. The molecule has 0 saturated carbocycles. The smallest absolute Gasteiger partial charge is 0.252 e. The van der Waals surface area contributed by atoms with E-state index < -0.39 is 0 Å². The second-order valence-electron chi connectivity index (χ2n) is 4.77. The topological polar surface area (TPSA) is 44.4 Å². The molecule has 1 aliphatic heterocycles. The molecule has 1 atom stereocenters. The van der Waals surface area contributed by atoms with Crippen molar-refractivity contribution in [1.82, 2.24) is 10.4 Å². The molecular weight excluding hydrogens is 314 g/mol. The van der Waals surface area contributed by atoms with E-state index in [1.54, 1.807) is 16.8 Å². The minimum atomic E-state index is -0.0655. The number of para-hydroxylation sites is 1. The molecule has 0 bridgehead atoms. The Bertz CT molecular complexity index is 664. The van der Waals surface area contributed by atoms with Crippen molar-refractivity contribution in [2.45, 2.75) is 5.37 Å². The Kier molecular flexibility index (Phi) is 4.60. The molecule has 112 valence electrons. The van der Waals surface area contributed by atoms with Gasteiger partial charge in [-0.3, -0.25) is 10.2 Å². The number of thiocarbonyl (C=S) groups is 1. The van der Waals surface area contributed by atoms with Crippen LogP contribution in [-0.2, 0) is 4.79 Å². The fraction of sp³-hybridized carbons (Fsp3) is 0.125. The van der Waals surface area contributed by atoms with Gasteiger partial charge in [0.25, 0.3) is 5.91 Å². The molecule has 2 N–H and O–H groups in total. The van der Waals surface area contributed by atoms with Crippen LogP contribution in [0.2, 0.25) is 0 Å². The standard InChI is InChI=1S/C16H15N3OS2/c20-14-11-22-15(12-7-3-1-4-8-12)19(14)18-16(21)17-13-9-5-2-6-10-13/h1-10,15H,11H2,(H2,17,18,21)/t15-/m0/s1. The molecule has 2 aromatic rings. The van der Waals surface area contributed by atoms with Gasteiger partial charge in [-0.1, -0.05) is 48.5 Å². The molecule has 1 aliphatic rings. The van der Waals surface area contributed by atoms with E-state index in [1.807, 2.05) is 60.7 Å². The molecule has 1 saturated heterocycles. The third-order valence-corrected chi connectivity index (χ3v) is 4.61. The van der Waals surface area contributed by atoms with E-state index in [9.17, 15) is 4.79 Å². The molecule has 1 fully saturated rings. The third-order valence-electron chi connectivity index (χ3n) is 3.21. The summed E-state index contributed by atoms with van der Waals surface area (Å²) in [6.07, 6.45) is 0. The van der Waals surface area contributed by atoms with Gasteiger partial charge >= 0.3 is 0 Å². The number of hydrogen-bond acceptors (Lipinski definition) is 3. The van der Waals surface area contributed by atoms with E-state index in [0.717, 1.165) is 11.3 Å². The molecule has 1 heterocycles. The maximum absolute atomic E-state index is 12.1. The summed E-state index contributed by atoms with van der Waals surface area (Å²) < 4.78 is 0. The largest absolute Gasteiger partial charge is 0.331 e. The van der Waals surface area contributed by atoms with Crippen molar-refractivity contribution < 1.29 is 4.79 Å². The average Bonchev–Trinajstić information content (AvgIpc) is 2.90. The minimum absolute atomic E-state index is 0.0241. The van der Waals surface area contributed by atoms with Crippen LogP contribution in [0.5, 0.6) is 0 Å². The van der Waals surface area contributed by atoms with Crippen LogP contribution in [0.15, 0.2) is 60.7 Å². The van der Waals surface area contributed by atoms with Gasteiger partial charge in [0, 0.05) is 5.69 Å². The summed E-state index contributed by atoms with van der Waals surface area (Å²) in [5.41, 5.74) is 4.97. The van der Waals surface area contributed by atoms with Gasteiger partial charge in [0.15, 0.2) is 5.11 Å². The third kappa shape index (κ3) is 3.40. The van der Waals surface area contributed by atoms with Crippen LogP contribution in [0.3, 0.4) is 0 Å². The second-order valence-corrected chi connectivity index (χ2v) is 6.25. The number of carbonyl (C=O) groups is 1. The fourth-order valence-electron chi connectivity index (χ4n) is 2.20. The van der Waals surface area contributed by atoms with Gasteiger partial charge in [-0.15, -0.1) is 11.8 Å². The van der Waals surface area contributed by atoms with Crippen molar-refractivity contribution in [3.05, 3.63) is 66.2 Å². The number of nitrogens with one attached hydrogen (secondary N) is 2. The molecular formula is C16H15N3OS2. The summed E-state index contributed by atoms with van der Waals surface area (Å²) in [6, 6.07) is 19.6. The van der Waals surface area contributed by atoms with Gasteiger partial charge < -0.3 is 5.32 Å². The number of anilines is 1. The van der Waals surface area contributed by atoms with Crippen molar-refractivity contribution in [1.29, 1.82) is 0 Å².